The van der Waals surface area contributed by atoms with Gasteiger partial charge in [0.05, 0.1) is 11.8 Å². The number of hydrogen-bond donors (Lipinski definition) is 1. The first-order valence-corrected chi connectivity index (χ1v) is 11.7. The van der Waals surface area contributed by atoms with Gasteiger partial charge in [-0.1, -0.05) is 42.5 Å². The van der Waals surface area contributed by atoms with Crippen molar-refractivity contribution in [3.05, 3.63) is 107 Å². The van der Waals surface area contributed by atoms with Gasteiger partial charge in [-0.2, -0.15) is 13.5 Å². The molecule has 4 rings (SSSR count). The van der Waals surface area contributed by atoms with Crippen LogP contribution in [0, 0.1) is 0 Å². The number of halogens is 1. The smallest absolute Gasteiger partial charge is 0.339 e. The van der Waals surface area contributed by atoms with E-state index in [0.717, 1.165) is 10.8 Å². The van der Waals surface area contributed by atoms with Crippen molar-refractivity contribution in [3.8, 4) is 5.75 Å². The molecule has 0 radical (unpaired) electrons. The zero-order chi connectivity index (χ0) is 22.6. The van der Waals surface area contributed by atoms with Crippen molar-refractivity contribution in [2.24, 2.45) is 5.10 Å². The van der Waals surface area contributed by atoms with Crippen LogP contribution in [-0.2, 0) is 10.1 Å². The number of hydrogen-bond acceptors (Lipinski definition) is 5. The predicted molar refractivity (Wildman–Crippen MR) is 127 cm³/mol. The highest BCUT2D eigenvalue weighted by Crippen LogP contribution is 2.23. The van der Waals surface area contributed by atoms with Gasteiger partial charge in [0, 0.05) is 4.47 Å². The first kappa shape index (κ1) is 21.7. The Balaban J connectivity index is 1.42. The number of carbonyl (C=O) groups excluding carboxylic acids is 1. The molecule has 1 amide bonds. The Hall–Kier alpha value is -3.49. The van der Waals surface area contributed by atoms with Crippen LogP contribution in [0.4, 0.5) is 0 Å². The van der Waals surface area contributed by atoms with Crippen LogP contribution in [-0.4, -0.2) is 20.5 Å². The zero-order valence-electron chi connectivity index (χ0n) is 16.6. The van der Waals surface area contributed by atoms with Gasteiger partial charge in [0.15, 0.2) is 0 Å². The number of rotatable bonds is 6. The Morgan fingerprint density at radius 3 is 2.31 bits per heavy atom. The van der Waals surface area contributed by atoms with Crippen molar-refractivity contribution in [3.63, 3.8) is 0 Å². The summed E-state index contributed by atoms with van der Waals surface area (Å²) in [7, 11) is -3.98. The number of benzene rings is 4. The van der Waals surface area contributed by atoms with Crippen LogP contribution >= 0.6 is 15.9 Å². The quantitative estimate of drug-likeness (QED) is 0.222. The summed E-state index contributed by atoms with van der Waals surface area (Å²) in [4.78, 5) is 12.2. The van der Waals surface area contributed by atoms with E-state index in [1.807, 2.05) is 30.3 Å². The van der Waals surface area contributed by atoms with Gasteiger partial charge in [0.25, 0.3) is 5.91 Å². The second-order valence-corrected chi connectivity index (χ2v) is 9.20. The Morgan fingerprint density at radius 2 is 1.56 bits per heavy atom. The highest BCUT2D eigenvalue weighted by molar-refractivity contribution is 9.10. The standard InChI is InChI=1S/C24H17BrN2O4S/c25-23-8-4-3-7-22(23)24(28)27-26-16-17-9-12-20(13-10-17)31-32(29,30)21-14-11-18-5-1-2-6-19(18)15-21/h1-16H,(H,27,28). The summed E-state index contributed by atoms with van der Waals surface area (Å²) in [5.41, 5.74) is 3.58. The molecule has 6 nitrogen and oxygen atoms in total. The van der Waals surface area contributed by atoms with Crippen LogP contribution in [0.5, 0.6) is 5.75 Å². The van der Waals surface area contributed by atoms with Crippen LogP contribution in [0.15, 0.2) is 105 Å². The molecular formula is C24H17BrN2O4S. The minimum absolute atomic E-state index is 0.0802. The van der Waals surface area contributed by atoms with E-state index in [0.29, 0.717) is 15.6 Å². The lowest BCUT2D eigenvalue weighted by atomic mass is 10.1. The van der Waals surface area contributed by atoms with Gasteiger partial charge in [-0.3, -0.25) is 4.79 Å². The monoisotopic (exact) mass is 508 g/mol. The maximum atomic E-state index is 12.6. The van der Waals surface area contributed by atoms with Crippen molar-refractivity contribution in [2.75, 3.05) is 0 Å². The molecule has 32 heavy (non-hydrogen) atoms. The average Bonchev–Trinajstić information content (AvgIpc) is 2.80. The normalized spacial score (nSPS) is 11.5. The summed E-state index contributed by atoms with van der Waals surface area (Å²) in [6.07, 6.45) is 1.45. The molecule has 0 bridgehead atoms. The van der Waals surface area contributed by atoms with E-state index < -0.39 is 10.1 Å². The van der Waals surface area contributed by atoms with Crippen LogP contribution in [0.25, 0.3) is 10.8 Å². The molecule has 0 aliphatic carbocycles. The maximum Gasteiger partial charge on any atom is 0.339 e. The molecular weight excluding hydrogens is 492 g/mol. The molecule has 0 aliphatic rings. The molecule has 0 atom stereocenters. The summed E-state index contributed by atoms with van der Waals surface area (Å²) in [5.74, 6) is -0.178. The van der Waals surface area contributed by atoms with Crippen molar-refractivity contribution >= 4 is 48.9 Å². The van der Waals surface area contributed by atoms with E-state index >= 15 is 0 Å². The molecule has 0 aromatic heterocycles. The molecule has 4 aromatic carbocycles. The van der Waals surface area contributed by atoms with Gasteiger partial charge in [-0.15, -0.1) is 0 Å². The Labute approximate surface area is 193 Å². The molecule has 8 heteroatoms. The minimum atomic E-state index is -3.98. The molecule has 0 unspecified atom stereocenters. The second-order valence-electron chi connectivity index (χ2n) is 6.79. The lowest BCUT2D eigenvalue weighted by molar-refractivity contribution is 0.0954. The molecule has 1 N–H and O–H groups in total. The first-order chi connectivity index (χ1) is 15.4. The highest BCUT2D eigenvalue weighted by atomic mass is 79.9. The Morgan fingerprint density at radius 1 is 0.875 bits per heavy atom. The largest absolute Gasteiger partial charge is 0.379 e. The highest BCUT2D eigenvalue weighted by Gasteiger charge is 2.17. The minimum Gasteiger partial charge on any atom is -0.379 e. The molecule has 0 saturated heterocycles. The molecule has 160 valence electrons. The summed E-state index contributed by atoms with van der Waals surface area (Å²) in [5, 5.41) is 5.69. The zero-order valence-corrected chi connectivity index (χ0v) is 19.0. The van der Waals surface area contributed by atoms with Gasteiger partial charge < -0.3 is 4.18 Å². The molecule has 0 fully saturated rings. The first-order valence-electron chi connectivity index (χ1n) is 9.54. The van der Waals surface area contributed by atoms with Crippen LogP contribution in [0.2, 0.25) is 0 Å². The Bertz CT molecular complexity index is 1420. The summed E-state index contributed by atoms with van der Waals surface area (Å²) in [6, 6.07) is 25.7. The fraction of sp³-hybridized carbons (Fsp3) is 0. The van der Waals surface area contributed by atoms with Gasteiger partial charge in [-0.05, 0) is 80.8 Å². The number of nitrogens with one attached hydrogen (secondary N) is 1. The lowest BCUT2D eigenvalue weighted by Gasteiger charge is -2.08. The van der Waals surface area contributed by atoms with Crippen molar-refractivity contribution in [1.29, 1.82) is 0 Å². The third kappa shape index (κ3) is 5.04. The van der Waals surface area contributed by atoms with Crippen LogP contribution < -0.4 is 9.61 Å². The molecule has 0 saturated carbocycles. The summed E-state index contributed by atoms with van der Waals surface area (Å²) < 4.78 is 31.2. The van der Waals surface area contributed by atoms with Gasteiger partial charge >= 0.3 is 10.1 Å². The fourth-order valence-corrected chi connectivity index (χ4v) is 4.41. The lowest BCUT2D eigenvalue weighted by Crippen LogP contribution is -2.18. The van der Waals surface area contributed by atoms with Gasteiger partial charge in [0.2, 0.25) is 0 Å². The fourth-order valence-electron chi connectivity index (χ4n) is 2.98. The summed E-state index contributed by atoms with van der Waals surface area (Å²) in [6.45, 7) is 0. The molecule has 4 aromatic rings. The van der Waals surface area contributed by atoms with Crippen molar-refractivity contribution in [2.45, 2.75) is 4.90 Å². The molecule has 0 heterocycles. The van der Waals surface area contributed by atoms with Gasteiger partial charge in [-0.25, -0.2) is 5.43 Å². The average molecular weight is 509 g/mol. The topological polar surface area (TPSA) is 84.8 Å². The Kier molecular flexibility index (Phi) is 6.34. The maximum absolute atomic E-state index is 12.6. The van der Waals surface area contributed by atoms with Crippen molar-refractivity contribution in [1.82, 2.24) is 5.43 Å². The number of amides is 1. The van der Waals surface area contributed by atoms with E-state index in [9.17, 15) is 13.2 Å². The third-order valence-electron chi connectivity index (χ3n) is 4.59. The van der Waals surface area contributed by atoms with E-state index in [2.05, 4.69) is 26.5 Å². The van der Waals surface area contributed by atoms with E-state index in [4.69, 9.17) is 4.18 Å². The molecule has 0 spiro atoms. The third-order valence-corrected chi connectivity index (χ3v) is 6.53. The van der Waals surface area contributed by atoms with Crippen molar-refractivity contribution < 1.29 is 17.4 Å². The van der Waals surface area contributed by atoms with E-state index in [-0.39, 0.29) is 16.6 Å². The van der Waals surface area contributed by atoms with Crippen LogP contribution in [0.1, 0.15) is 15.9 Å². The molecule has 0 aliphatic heterocycles. The number of nitrogens with zero attached hydrogens (tertiary/aromatic N) is 1. The van der Waals surface area contributed by atoms with Gasteiger partial charge in [0.1, 0.15) is 10.6 Å². The summed E-state index contributed by atoms with van der Waals surface area (Å²) >= 11 is 3.32. The number of fused-ring (bicyclic) bond motifs is 1. The predicted octanol–water partition coefficient (Wildman–Crippen LogP) is 5.13. The van der Waals surface area contributed by atoms with Crippen LogP contribution in [0.3, 0.4) is 0 Å². The van der Waals surface area contributed by atoms with E-state index in [1.54, 1.807) is 42.5 Å². The number of carbonyl (C=O) groups is 1. The second kappa shape index (κ2) is 9.33. The SMILES string of the molecule is O=C(NN=Cc1ccc(OS(=O)(=O)c2ccc3ccccc3c2)cc1)c1ccccc1Br. The number of hydrazone groups is 1. The van der Waals surface area contributed by atoms with E-state index in [1.165, 1.54) is 24.4 Å².